The fraction of sp³-hybridized carbons (Fsp3) is 0.0588. The number of aryl methyl sites for hydroxylation is 2. The van der Waals surface area contributed by atoms with Crippen LogP contribution >= 0.6 is 0 Å². The second kappa shape index (κ2) is 17.9. The Balaban J connectivity index is 0.00000271. The van der Waals surface area contributed by atoms with Crippen LogP contribution in [0.2, 0.25) is 0 Å². The zero-order valence-corrected chi connectivity index (χ0v) is 38.5. The minimum atomic E-state index is -5.07. The van der Waals surface area contributed by atoms with Crippen molar-refractivity contribution < 1.29 is 128 Å². The molecule has 0 aliphatic rings. The number of hydrogen-bond acceptors (Lipinski definition) is 15. The molecule has 0 saturated carbocycles. The molecule has 0 aromatic heterocycles. The van der Waals surface area contributed by atoms with Crippen molar-refractivity contribution in [1.82, 2.24) is 0 Å². The van der Waals surface area contributed by atoms with E-state index in [1.54, 1.807) is 56.3 Å². The molecule has 0 aliphatic heterocycles. The molecular weight excluding hydrogens is 802 g/mol. The number of anilines is 2. The minimum absolute atomic E-state index is 0. The average Bonchev–Trinajstić information content (AvgIpc) is 3.07. The maximum Gasteiger partial charge on any atom is 1.00 e. The number of nitrogen functional groups attached to an aromatic ring is 2. The Hall–Kier alpha value is -2.63. The van der Waals surface area contributed by atoms with Crippen molar-refractivity contribution >= 4 is 86.0 Å². The molecule has 0 saturated heterocycles. The van der Waals surface area contributed by atoms with Gasteiger partial charge in [-0.05, 0) is 84.6 Å². The van der Waals surface area contributed by atoms with Crippen LogP contribution in [0.25, 0.3) is 32.7 Å². The Labute approximate surface area is 382 Å². The van der Waals surface area contributed by atoms with Crippen LogP contribution in [0, 0.1) is 13.8 Å². The van der Waals surface area contributed by atoms with Gasteiger partial charge in [0.25, 0.3) is 0 Å². The molecule has 0 aliphatic carbocycles. The van der Waals surface area contributed by atoms with E-state index in [-0.39, 0.29) is 128 Å². The summed E-state index contributed by atoms with van der Waals surface area (Å²) in [7, 11) is -14.8. The molecule has 0 bridgehead atoms. The normalized spacial score (nSPS) is 12.1. The SMILES string of the molecule is Cc1cc(-c2ccc(N=Nc3cc(S(=O)(=O)[O-])c4ccc(S(=O)(=O)[O-])cc4c3N)c(C)c2)ccc1N=Nc1cc(S(=O)(=O)[O-])c2ccccc2c1N.[Na+].[Na+].[Na+]. The van der Waals surface area contributed by atoms with Gasteiger partial charge in [-0.25, -0.2) is 25.3 Å². The van der Waals surface area contributed by atoms with Gasteiger partial charge in [-0.3, -0.25) is 0 Å². The maximum absolute atomic E-state index is 12.0. The van der Waals surface area contributed by atoms with E-state index < -0.39 is 45.0 Å². The zero-order valence-electron chi connectivity index (χ0n) is 30.0. The van der Waals surface area contributed by atoms with Crippen molar-refractivity contribution in [1.29, 1.82) is 0 Å². The third-order valence-corrected chi connectivity index (χ3v) is 10.8. The summed E-state index contributed by atoms with van der Waals surface area (Å²) in [5.74, 6) is 0. The summed E-state index contributed by atoms with van der Waals surface area (Å²) in [6.07, 6.45) is 0. The number of fused-ring (bicyclic) bond motifs is 2. The van der Waals surface area contributed by atoms with Crippen LogP contribution in [0.15, 0.2) is 126 Å². The van der Waals surface area contributed by atoms with E-state index in [1.807, 2.05) is 12.1 Å². The Bertz CT molecular complexity index is 2890. The number of benzene rings is 6. The summed E-state index contributed by atoms with van der Waals surface area (Å²) < 4.78 is 107. The summed E-state index contributed by atoms with van der Waals surface area (Å²) in [4.78, 5) is -1.84. The molecule has 266 valence electrons. The van der Waals surface area contributed by atoms with Crippen LogP contribution < -0.4 is 100 Å². The molecule has 0 spiro atoms. The fourth-order valence-corrected chi connectivity index (χ4v) is 7.48. The summed E-state index contributed by atoms with van der Waals surface area (Å²) >= 11 is 0. The van der Waals surface area contributed by atoms with Crippen LogP contribution in [0.5, 0.6) is 0 Å². The van der Waals surface area contributed by atoms with Crippen LogP contribution in [-0.4, -0.2) is 38.9 Å². The number of rotatable bonds is 8. The second-order valence-corrected chi connectivity index (χ2v) is 15.7. The largest absolute Gasteiger partial charge is 1.00 e. The predicted octanol–water partition coefficient (Wildman–Crippen LogP) is -2.00. The standard InChI is InChI=1S/C34H28N6O9S3.3Na/c1-18-13-20(7-11-27(18)37-39-29-16-31(51(44,45)46)23-5-3-4-6-25(23)33(29)35)21-8-12-28(19(2)14-21)38-40-30-17-32(52(47,48)49)24-10-9-22(50(41,42)43)15-26(24)34(30)36;;;/h3-17H,35-36H2,1-2H3,(H,41,42,43)(H,44,45,46)(H,47,48,49);;;/q;3*+1/p-3. The predicted molar refractivity (Wildman–Crippen MR) is 190 cm³/mol. The Morgan fingerprint density at radius 1 is 0.455 bits per heavy atom. The molecule has 21 heteroatoms. The van der Waals surface area contributed by atoms with Crippen molar-refractivity contribution in [2.24, 2.45) is 20.5 Å². The minimum Gasteiger partial charge on any atom is -0.744 e. The summed E-state index contributed by atoms with van der Waals surface area (Å²) in [6.45, 7) is 3.55. The molecule has 0 heterocycles. The molecule has 0 amide bonds. The van der Waals surface area contributed by atoms with E-state index in [1.165, 1.54) is 6.07 Å². The van der Waals surface area contributed by atoms with E-state index in [2.05, 4.69) is 20.5 Å². The van der Waals surface area contributed by atoms with Crippen LogP contribution in [0.3, 0.4) is 0 Å². The van der Waals surface area contributed by atoms with E-state index in [0.29, 0.717) is 27.9 Å². The van der Waals surface area contributed by atoms with Gasteiger partial charge in [0.1, 0.15) is 41.7 Å². The van der Waals surface area contributed by atoms with E-state index in [0.717, 1.165) is 41.5 Å². The number of azo groups is 2. The molecule has 15 nitrogen and oxygen atoms in total. The monoisotopic (exact) mass is 826 g/mol. The number of nitrogens with zero attached hydrogens (tertiary/aromatic N) is 4. The first-order valence-electron chi connectivity index (χ1n) is 14.9. The Morgan fingerprint density at radius 2 is 0.855 bits per heavy atom. The van der Waals surface area contributed by atoms with Crippen molar-refractivity contribution in [3.05, 3.63) is 102 Å². The van der Waals surface area contributed by atoms with Crippen LogP contribution in [-0.2, 0) is 30.4 Å². The van der Waals surface area contributed by atoms with Gasteiger partial charge in [0.15, 0.2) is 0 Å². The topological polar surface area (TPSA) is 273 Å². The molecule has 0 unspecified atom stereocenters. The molecule has 0 fully saturated rings. The van der Waals surface area contributed by atoms with E-state index in [9.17, 15) is 38.9 Å². The van der Waals surface area contributed by atoms with Crippen molar-refractivity contribution in [3.8, 4) is 11.1 Å². The van der Waals surface area contributed by atoms with Gasteiger partial charge in [-0.2, -0.15) is 10.2 Å². The van der Waals surface area contributed by atoms with E-state index in [4.69, 9.17) is 11.5 Å². The van der Waals surface area contributed by atoms with Crippen LogP contribution in [0.1, 0.15) is 11.1 Å². The molecule has 55 heavy (non-hydrogen) atoms. The summed E-state index contributed by atoms with van der Waals surface area (Å²) in [5.41, 5.74) is 15.9. The van der Waals surface area contributed by atoms with Crippen LogP contribution in [0.4, 0.5) is 34.1 Å². The third kappa shape index (κ3) is 10.1. The smallest absolute Gasteiger partial charge is 0.744 e. The molecular formula is C34H25N6Na3O9S3. The molecule has 4 N–H and O–H groups in total. The van der Waals surface area contributed by atoms with Crippen molar-refractivity contribution in [2.45, 2.75) is 28.5 Å². The molecule has 6 aromatic rings. The molecule has 6 aromatic carbocycles. The molecule has 6 rings (SSSR count). The van der Waals surface area contributed by atoms with Gasteiger partial charge >= 0.3 is 88.7 Å². The van der Waals surface area contributed by atoms with Crippen molar-refractivity contribution in [3.63, 3.8) is 0 Å². The number of hydrogen-bond donors (Lipinski definition) is 2. The molecule has 0 atom stereocenters. The van der Waals surface area contributed by atoms with E-state index >= 15 is 0 Å². The zero-order chi connectivity index (χ0) is 37.7. The number of nitrogens with two attached hydrogens (primary N) is 2. The Morgan fingerprint density at radius 3 is 1.27 bits per heavy atom. The van der Waals surface area contributed by atoms with Gasteiger partial charge in [0.2, 0.25) is 0 Å². The fourth-order valence-electron chi connectivity index (χ4n) is 5.57. The van der Waals surface area contributed by atoms with Gasteiger partial charge < -0.3 is 25.1 Å². The third-order valence-electron chi connectivity index (χ3n) is 8.20. The first-order chi connectivity index (χ1) is 24.3. The summed E-state index contributed by atoms with van der Waals surface area (Å²) in [5, 5.41) is 16.8. The van der Waals surface area contributed by atoms with Gasteiger partial charge in [-0.15, -0.1) is 10.2 Å². The average molecular weight is 827 g/mol. The van der Waals surface area contributed by atoms with Gasteiger partial charge in [-0.1, -0.05) is 42.5 Å². The quantitative estimate of drug-likeness (QED) is 0.0733. The van der Waals surface area contributed by atoms with Gasteiger partial charge in [0.05, 0.1) is 37.4 Å². The van der Waals surface area contributed by atoms with Gasteiger partial charge in [0, 0.05) is 21.5 Å². The second-order valence-electron chi connectivity index (χ2n) is 11.6. The molecule has 0 radical (unpaired) electrons. The maximum atomic E-state index is 12.0. The van der Waals surface area contributed by atoms with Crippen molar-refractivity contribution in [2.75, 3.05) is 11.5 Å². The Kier molecular flexibility index (Phi) is 15.2. The first kappa shape index (κ1) is 46.8. The first-order valence-corrected chi connectivity index (χ1v) is 19.2. The summed E-state index contributed by atoms with van der Waals surface area (Å²) in [6, 6.07) is 21.7.